The van der Waals surface area contributed by atoms with E-state index < -0.39 is 0 Å². The number of hydrogen-bond acceptors (Lipinski definition) is 3. The van der Waals surface area contributed by atoms with Gasteiger partial charge in [0.05, 0.1) is 15.7 Å². The Labute approximate surface area is 64.1 Å². The van der Waals surface area contributed by atoms with Crippen molar-refractivity contribution in [2.24, 2.45) is 4.99 Å². The molecule has 1 atom stereocenters. The Morgan fingerprint density at radius 1 is 1.60 bits per heavy atom. The van der Waals surface area contributed by atoms with Crippen LogP contribution in [-0.4, -0.2) is 32.3 Å². The third kappa shape index (κ3) is 4.33. The Hall–Kier alpha value is -0.560. The smallest absolute Gasteiger partial charge is 0.156 e. The fraction of sp³-hybridized carbons (Fsp3) is 0.500. The molecule has 0 saturated carbocycles. The van der Waals surface area contributed by atoms with Crippen LogP contribution in [0, 0.1) is 0 Å². The molecule has 0 amide bonds. The average Bonchev–Trinajstić information content (AvgIpc) is 1.86. The molecule has 0 aromatic carbocycles. The highest BCUT2D eigenvalue weighted by atomic mass is 31.0. The van der Waals surface area contributed by atoms with Crippen molar-refractivity contribution in [3.05, 3.63) is 12.0 Å². The van der Waals surface area contributed by atoms with E-state index in [1.54, 1.807) is 13.3 Å². The molecule has 1 unspecified atom stereocenters. The molecule has 4 heteroatoms. The zero-order chi connectivity index (χ0) is 7.98. The molecule has 0 aliphatic carbocycles. The van der Waals surface area contributed by atoms with Crippen LogP contribution in [0.15, 0.2) is 17.0 Å². The SMILES string of the molecule is CN=CC(=CN(C)C)OP. The summed E-state index contributed by atoms with van der Waals surface area (Å²) in [5, 5.41) is 0. The standard InChI is InChI=1S/C6H13N2OP/c1-7-4-6(9-10)5-8(2)3/h4-5H,10H2,1-3H3. The third-order valence-corrected chi connectivity index (χ3v) is 1.05. The molecule has 0 aromatic rings. The van der Waals surface area contributed by atoms with E-state index in [1.807, 2.05) is 25.2 Å². The highest BCUT2D eigenvalue weighted by Gasteiger charge is 1.88. The fourth-order valence-electron chi connectivity index (χ4n) is 0.476. The van der Waals surface area contributed by atoms with Crippen molar-refractivity contribution in [2.75, 3.05) is 21.1 Å². The molecule has 0 aliphatic heterocycles. The molecule has 0 rings (SSSR count). The Morgan fingerprint density at radius 2 is 2.20 bits per heavy atom. The van der Waals surface area contributed by atoms with E-state index in [4.69, 9.17) is 4.52 Å². The third-order valence-electron chi connectivity index (χ3n) is 0.778. The van der Waals surface area contributed by atoms with Gasteiger partial charge in [-0.05, 0) is 0 Å². The van der Waals surface area contributed by atoms with Gasteiger partial charge < -0.3 is 9.42 Å². The second-order valence-corrected chi connectivity index (χ2v) is 2.24. The first-order valence-corrected chi connectivity index (χ1v) is 3.35. The predicted octanol–water partition coefficient (Wildman–Crippen LogP) is 0.897. The van der Waals surface area contributed by atoms with Gasteiger partial charge >= 0.3 is 0 Å². The molecular formula is C6H13N2OP. The molecule has 0 N–H and O–H groups in total. The summed E-state index contributed by atoms with van der Waals surface area (Å²) >= 11 is 0. The van der Waals surface area contributed by atoms with Gasteiger partial charge in [0, 0.05) is 27.3 Å². The second kappa shape index (κ2) is 5.24. The Morgan fingerprint density at radius 3 is 2.50 bits per heavy atom. The molecule has 0 fully saturated rings. The monoisotopic (exact) mass is 160 g/mol. The number of rotatable bonds is 3. The number of aliphatic imine (C=N–C) groups is 1. The summed E-state index contributed by atoms with van der Waals surface area (Å²) in [5.74, 6) is 0.720. The van der Waals surface area contributed by atoms with Crippen molar-refractivity contribution < 1.29 is 4.52 Å². The molecule has 0 aliphatic rings. The Bertz CT molecular complexity index is 143. The van der Waals surface area contributed by atoms with Crippen LogP contribution in [0.1, 0.15) is 0 Å². The summed E-state index contributed by atoms with van der Waals surface area (Å²) in [6, 6.07) is 0. The van der Waals surface area contributed by atoms with Gasteiger partial charge in [0.25, 0.3) is 0 Å². The van der Waals surface area contributed by atoms with Crippen LogP contribution in [0.5, 0.6) is 0 Å². The second-order valence-electron chi connectivity index (χ2n) is 2.00. The molecular weight excluding hydrogens is 147 g/mol. The van der Waals surface area contributed by atoms with E-state index in [9.17, 15) is 0 Å². The van der Waals surface area contributed by atoms with Crippen LogP contribution in [-0.2, 0) is 4.52 Å². The summed E-state index contributed by atoms with van der Waals surface area (Å²) in [7, 11) is 7.72. The lowest BCUT2D eigenvalue weighted by atomic mass is 10.5. The maximum absolute atomic E-state index is 4.89. The number of allylic oxidation sites excluding steroid dienone is 1. The van der Waals surface area contributed by atoms with E-state index in [0.717, 1.165) is 5.76 Å². The Balaban J connectivity index is 4.04. The van der Waals surface area contributed by atoms with Crippen LogP contribution in [0.3, 0.4) is 0 Å². The number of nitrogens with zero attached hydrogens (tertiary/aromatic N) is 2. The molecule has 0 saturated heterocycles. The summed E-state index contributed by atoms with van der Waals surface area (Å²) in [6.07, 6.45) is 3.48. The molecule has 0 radical (unpaired) electrons. The van der Waals surface area contributed by atoms with Gasteiger partial charge in [-0.25, -0.2) is 0 Å². The van der Waals surface area contributed by atoms with Crippen LogP contribution in [0.25, 0.3) is 0 Å². The van der Waals surface area contributed by atoms with E-state index in [0.29, 0.717) is 0 Å². The maximum Gasteiger partial charge on any atom is 0.156 e. The van der Waals surface area contributed by atoms with Crippen LogP contribution >= 0.6 is 9.47 Å². The zero-order valence-electron chi connectivity index (χ0n) is 6.53. The first kappa shape index (κ1) is 9.44. The topological polar surface area (TPSA) is 24.8 Å². The van der Waals surface area contributed by atoms with Crippen LogP contribution in [0.4, 0.5) is 0 Å². The molecule has 3 nitrogen and oxygen atoms in total. The van der Waals surface area contributed by atoms with Gasteiger partial charge in [-0.3, -0.25) is 4.99 Å². The molecule has 0 bridgehead atoms. The largest absolute Gasteiger partial charge is 0.477 e. The average molecular weight is 160 g/mol. The minimum atomic E-state index is 0.720. The maximum atomic E-state index is 4.89. The van der Waals surface area contributed by atoms with Crippen molar-refractivity contribution in [3.8, 4) is 0 Å². The highest BCUT2D eigenvalue weighted by molar-refractivity contribution is 7.10. The molecule has 0 spiro atoms. The lowest BCUT2D eigenvalue weighted by Crippen LogP contribution is -2.03. The first-order valence-electron chi connectivity index (χ1n) is 2.88. The minimum absolute atomic E-state index is 0.720. The molecule has 58 valence electrons. The fourth-order valence-corrected chi connectivity index (χ4v) is 0.598. The lowest BCUT2D eigenvalue weighted by molar-refractivity contribution is 0.485. The molecule has 0 aromatic heterocycles. The van der Waals surface area contributed by atoms with Gasteiger partial charge in [-0.2, -0.15) is 0 Å². The number of hydrogen-bond donors (Lipinski definition) is 0. The van der Waals surface area contributed by atoms with Crippen molar-refractivity contribution in [2.45, 2.75) is 0 Å². The quantitative estimate of drug-likeness (QED) is 0.348. The van der Waals surface area contributed by atoms with Gasteiger partial charge in [0.15, 0.2) is 5.76 Å². The van der Waals surface area contributed by atoms with E-state index >= 15 is 0 Å². The summed E-state index contributed by atoms with van der Waals surface area (Å²) in [6.45, 7) is 0. The van der Waals surface area contributed by atoms with Crippen molar-refractivity contribution in [1.82, 2.24) is 4.90 Å². The summed E-state index contributed by atoms with van der Waals surface area (Å²) in [4.78, 5) is 5.69. The molecule has 10 heavy (non-hydrogen) atoms. The van der Waals surface area contributed by atoms with Crippen molar-refractivity contribution >= 4 is 15.7 Å². The van der Waals surface area contributed by atoms with Crippen molar-refractivity contribution in [3.63, 3.8) is 0 Å². The first-order chi connectivity index (χ1) is 4.70. The van der Waals surface area contributed by atoms with Gasteiger partial charge in [0.2, 0.25) is 0 Å². The van der Waals surface area contributed by atoms with E-state index in [-0.39, 0.29) is 0 Å². The van der Waals surface area contributed by atoms with Crippen molar-refractivity contribution in [1.29, 1.82) is 0 Å². The predicted molar refractivity (Wildman–Crippen MR) is 47.0 cm³/mol. The van der Waals surface area contributed by atoms with Crippen LogP contribution in [0.2, 0.25) is 0 Å². The van der Waals surface area contributed by atoms with E-state index in [1.165, 1.54) is 0 Å². The summed E-state index contributed by atoms with van der Waals surface area (Å²) < 4.78 is 4.89. The minimum Gasteiger partial charge on any atom is -0.477 e. The highest BCUT2D eigenvalue weighted by Crippen LogP contribution is 1.99. The zero-order valence-corrected chi connectivity index (χ0v) is 7.69. The Kier molecular flexibility index (Phi) is 4.95. The van der Waals surface area contributed by atoms with E-state index in [2.05, 4.69) is 14.5 Å². The van der Waals surface area contributed by atoms with Gasteiger partial charge in [-0.1, -0.05) is 0 Å². The van der Waals surface area contributed by atoms with Gasteiger partial charge in [-0.15, -0.1) is 0 Å². The van der Waals surface area contributed by atoms with Gasteiger partial charge in [0.1, 0.15) is 0 Å². The lowest BCUT2D eigenvalue weighted by Gasteiger charge is -2.06. The van der Waals surface area contributed by atoms with Crippen LogP contribution < -0.4 is 0 Å². The molecule has 0 heterocycles. The summed E-state index contributed by atoms with van der Waals surface area (Å²) in [5.41, 5.74) is 0. The normalized spacial score (nSPS) is 12.2.